The molecule has 3 aromatic carbocycles. The normalized spacial score (nSPS) is 9.32. The highest BCUT2D eigenvalue weighted by atomic mass is 128. The van der Waals surface area contributed by atoms with E-state index in [9.17, 15) is 0 Å². The van der Waals surface area contributed by atoms with Crippen LogP contribution in [0.3, 0.4) is 0 Å². The second-order valence-electron chi connectivity index (χ2n) is 9.38. The number of hydrogen-bond donors (Lipinski definition) is 0. The summed E-state index contributed by atoms with van der Waals surface area (Å²) in [5.74, 6) is 0. The van der Waals surface area contributed by atoms with E-state index in [1.54, 1.807) is 83.7 Å². The first-order valence-corrected chi connectivity index (χ1v) is 32.4. The monoisotopic (exact) mass is 1160 g/mol. The third kappa shape index (κ3) is 22.8. The first kappa shape index (κ1) is 57.8. The molecule has 4 aromatic heterocycles. The zero-order valence-electron chi connectivity index (χ0n) is 34.7. The summed E-state index contributed by atoms with van der Waals surface area (Å²) in [5.41, 5.74) is 3.55. The molecule has 0 aliphatic carbocycles. The summed E-state index contributed by atoms with van der Waals surface area (Å²) in [5, 5.41) is 2.91. The Hall–Kier alpha value is -2.17. The number of nitrogens with zero attached hydrogens (tertiary/aromatic N) is 8. The van der Waals surface area contributed by atoms with Gasteiger partial charge in [0.05, 0.1) is 0 Å². The molecule has 0 spiro atoms. The van der Waals surface area contributed by atoms with Crippen LogP contribution in [0.5, 0.6) is 0 Å². The highest BCUT2D eigenvalue weighted by molar-refractivity contribution is 15.0. The third-order valence-electron chi connectivity index (χ3n) is 6.23. The molecule has 60 heavy (non-hydrogen) atoms. The predicted molar refractivity (Wildman–Crippen MR) is 285 cm³/mol. The molecular weight excluding hydrogens is 1110 g/mol. The molecule has 0 atom stereocenters. The van der Waals surface area contributed by atoms with Gasteiger partial charge >= 0.3 is 0 Å². The Morgan fingerprint density at radius 3 is 0.783 bits per heavy atom. The molecule has 0 bridgehead atoms. The summed E-state index contributed by atoms with van der Waals surface area (Å²) in [6.45, 7) is 16.0. The largest absolute Gasteiger partial charge is 0.230 e. The van der Waals surface area contributed by atoms with E-state index in [1.807, 2.05) is 73.6 Å². The molecule has 17 heteroatoms. The molecule has 7 aromatic rings. The van der Waals surface area contributed by atoms with Gasteiger partial charge in [0.2, 0.25) is 0 Å². The molecule has 0 fully saturated rings. The van der Waals surface area contributed by atoms with Crippen LogP contribution in [-0.2, 0) is 4.75 Å². The smallest absolute Gasteiger partial charge is 0.199 e. The Morgan fingerprint density at radius 2 is 0.567 bits per heavy atom. The predicted octanol–water partition coefficient (Wildman–Crippen LogP) is 16.5. The Labute approximate surface area is 409 Å². The zero-order valence-corrected chi connectivity index (χ0v) is 44.7. The van der Waals surface area contributed by atoms with Crippen LogP contribution < -0.4 is 0 Å². The minimum Gasteiger partial charge on any atom is -0.230 e. The standard InChI is InChI=1S/C19H15ClS.C8H6N4S3.C8H6N4S2.4C2H6.I2/c20-21-19(16-10-4-1-5-11-16,17-12-6-2-7-13-17)18-14-8-3-9-15-18;1-3-9-7(10-4-1)13-15-14-8-11-5-2-6-12-8;1-3-9-7(10-4-1)13-14-8-11-5-2-6-12-8;5*1-2/h1-15H;1-6H;1-6H;4*1-2H3;. The van der Waals surface area contributed by atoms with Crippen molar-refractivity contribution in [2.45, 2.75) is 80.8 Å². The van der Waals surface area contributed by atoms with E-state index in [0.717, 1.165) is 10.3 Å². The molecule has 0 amide bonds. The maximum absolute atomic E-state index is 6.44. The topological polar surface area (TPSA) is 103 Å². The molecule has 0 aliphatic rings. The van der Waals surface area contributed by atoms with Gasteiger partial charge in [-0.1, -0.05) is 146 Å². The summed E-state index contributed by atoms with van der Waals surface area (Å²) in [4.78, 5) is 32.6. The SMILES string of the molecule is CC.CC.CC.CC.ClSC(c1ccccc1)(c1ccccc1)c1ccccc1.II.c1cnc(SSSc2ncccn2)nc1.c1cnc(SSc2ncccn2)nc1. The van der Waals surface area contributed by atoms with E-state index >= 15 is 0 Å². The van der Waals surface area contributed by atoms with Crippen LogP contribution in [0.1, 0.15) is 72.1 Å². The Morgan fingerprint density at radius 1 is 0.350 bits per heavy atom. The fourth-order valence-corrected chi connectivity index (χ4v) is 10.1. The van der Waals surface area contributed by atoms with Crippen molar-refractivity contribution in [3.05, 3.63) is 182 Å². The highest BCUT2D eigenvalue weighted by Gasteiger charge is 2.36. The lowest BCUT2D eigenvalue weighted by Gasteiger charge is -2.32. The molecule has 8 nitrogen and oxygen atoms in total. The van der Waals surface area contributed by atoms with Crippen LogP contribution >= 0.6 is 112 Å². The van der Waals surface area contributed by atoms with Gasteiger partial charge in [-0.15, -0.1) is 0 Å². The van der Waals surface area contributed by atoms with Crippen LogP contribution in [0.25, 0.3) is 0 Å². The van der Waals surface area contributed by atoms with Crippen molar-refractivity contribution in [1.29, 1.82) is 0 Å². The summed E-state index contributed by atoms with van der Waals surface area (Å²) in [6.07, 6.45) is 13.7. The van der Waals surface area contributed by atoms with E-state index in [1.165, 1.54) is 70.8 Å². The Balaban J connectivity index is 0.000000801. The molecule has 0 aliphatic heterocycles. The fraction of sp³-hybridized carbons (Fsp3) is 0.209. The van der Waals surface area contributed by atoms with Crippen LogP contribution in [-0.4, -0.2) is 39.9 Å². The van der Waals surface area contributed by atoms with Crippen LogP contribution in [0.4, 0.5) is 0 Å². The summed E-state index contributed by atoms with van der Waals surface area (Å²) in [7, 11) is 15.2. The molecule has 0 N–H and O–H groups in total. The second-order valence-corrected chi connectivity index (χ2v) is 16.5. The van der Waals surface area contributed by atoms with E-state index in [-0.39, 0.29) is 0 Å². The van der Waals surface area contributed by atoms with Crippen molar-refractivity contribution in [3.63, 3.8) is 0 Å². The summed E-state index contributed by atoms with van der Waals surface area (Å²) >= 11 is 4.24. The molecule has 0 saturated carbocycles. The molecule has 7 rings (SSSR count). The van der Waals surface area contributed by atoms with E-state index in [4.69, 9.17) is 10.7 Å². The van der Waals surface area contributed by atoms with Gasteiger partial charge in [-0.3, -0.25) is 0 Å². The van der Waals surface area contributed by atoms with Gasteiger partial charge in [0.1, 0.15) is 4.75 Å². The minimum absolute atomic E-state index is 0.397. The number of benzene rings is 3. The molecule has 0 saturated heterocycles. The minimum atomic E-state index is -0.397. The zero-order chi connectivity index (χ0) is 44.5. The van der Waals surface area contributed by atoms with Crippen molar-refractivity contribution in [1.82, 2.24) is 39.9 Å². The number of rotatable bonds is 11. The Bertz CT molecular complexity index is 1750. The number of aromatic nitrogens is 8. The van der Waals surface area contributed by atoms with Crippen LogP contribution in [0, 0.1) is 0 Å². The quantitative estimate of drug-likeness (QED) is 0.0531. The molecular formula is C43H51ClI2N8S6. The van der Waals surface area contributed by atoms with Gasteiger partial charge < -0.3 is 0 Å². The number of halogens is 3. The molecule has 0 radical (unpaired) electrons. The van der Waals surface area contributed by atoms with Gasteiger partial charge in [0.15, 0.2) is 20.6 Å². The van der Waals surface area contributed by atoms with Gasteiger partial charge in [-0.25, -0.2) is 39.9 Å². The lowest BCUT2D eigenvalue weighted by molar-refractivity contribution is 0.902. The van der Waals surface area contributed by atoms with Crippen LogP contribution in [0.15, 0.2) is 185 Å². The lowest BCUT2D eigenvalue weighted by Crippen LogP contribution is -2.24. The van der Waals surface area contributed by atoms with Gasteiger partial charge in [0.25, 0.3) is 0 Å². The summed E-state index contributed by atoms with van der Waals surface area (Å²) < 4.78 is -0.397. The lowest BCUT2D eigenvalue weighted by atomic mass is 9.84. The first-order valence-electron chi connectivity index (χ1n) is 18.8. The maximum Gasteiger partial charge on any atom is 0.199 e. The first-order chi connectivity index (χ1) is 29.8. The van der Waals surface area contributed by atoms with Crippen molar-refractivity contribution < 1.29 is 0 Å². The maximum atomic E-state index is 6.44. The van der Waals surface area contributed by atoms with Gasteiger partial charge in [0, 0.05) is 86.8 Å². The van der Waals surface area contributed by atoms with Crippen molar-refractivity contribution in [2.75, 3.05) is 0 Å². The van der Waals surface area contributed by atoms with E-state index < -0.39 is 4.75 Å². The van der Waals surface area contributed by atoms with Crippen molar-refractivity contribution in [2.24, 2.45) is 0 Å². The van der Waals surface area contributed by atoms with E-state index in [0.29, 0.717) is 10.3 Å². The van der Waals surface area contributed by atoms with E-state index in [2.05, 4.69) is 150 Å². The average Bonchev–Trinajstić information content (AvgIpc) is 3.37. The highest BCUT2D eigenvalue weighted by Crippen LogP contribution is 2.50. The fourth-order valence-electron chi connectivity index (χ4n) is 4.12. The molecule has 4 heterocycles. The number of hydrogen-bond acceptors (Lipinski definition) is 14. The van der Waals surface area contributed by atoms with Gasteiger partial charge in [-0.05, 0) is 116 Å². The van der Waals surface area contributed by atoms with Crippen LogP contribution in [0.2, 0.25) is 0 Å². The van der Waals surface area contributed by atoms with Gasteiger partial charge in [-0.2, -0.15) is 0 Å². The second kappa shape index (κ2) is 40.9. The molecule has 320 valence electrons. The molecule has 0 unspecified atom stereocenters. The average molecular weight is 1160 g/mol. The van der Waals surface area contributed by atoms with Crippen molar-refractivity contribution in [3.8, 4) is 0 Å². The van der Waals surface area contributed by atoms with Crippen molar-refractivity contribution >= 4 is 112 Å². The Kier molecular flexibility index (Phi) is 39.4. The summed E-state index contributed by atoms with van der Waals surface area (Å²) in [6, 6.07) is 38.4. The third-order valence-corrected chi connectivity index (χ3v) is 13.2.